The van der Waals surface area contributed by atoms with Gasteiger partial charge in [0.15, 0.2) is 0 Å². The maximum absolute atomic E-state index is 3.81. The minimum atomic E-state index is 0.380. The lowest BCUT2D eigenvalue weighted by molar-refractivity contribution is 0.433. The molecule has 0 amide bonds. The van der Waals surface area contributed by atoms with Crippen LogP contribution in [0.3, 0.4) is 0 Å². The molecule has 100 valence electrons. The van der Waals surface area contributed by atoms with Crippen molar-refractivity contribution < 1.29 is 0 Å². The van der Waals surface area contributed by atoms with Crippen molar-refractivity contribution in [3.8, 4) is 0 Å². The predicted octanol–water partition coefficient (Wildman–Crippen LogP) is 5.31. The molecule has 1 unspecified atom stereocenters. The molecular formula is C16H18BrNS. The van der Waals surface area contributed by atoms with E-state index in [9.17, 15) is 0 Å². The fourth-order valence-corrected chi connectivity index (χ4v) is 3.79. The zero-order valence-corrected chi connectivity index (χ0v) is 13.4. The Balaban J connectivity index is 1.75. The SMILES string of the molecule is C[C@H](NC(c1cccs1)C1CC1)c1cccc(Br)c1. The minimum absolute atomic E-state index is 0.380. The van der Waals surface area contributed by atoms with E-state index in [0.717, 1.165) is 10.4 Å². The Morgan fingerprint density at radius 1 is 1.26 bits per heavy atom. The fraction of sp³-hybridized carbons (Fsp3) is 0.375. The molecule has 0 spiro atoms. The van der Waals surface area contributed by atoms with E-state index in [1.165, 1.54) is 23.3 Å². The second-order valence-electron chi connectivity index (χ2n) is 5.27. The van der Waals surface area contributed by atoms with Gasteiger partial charge in [-0.1, -0.05) is 34.1 Å². The van der Waals surface area contributed by atoms with Gasteiger partial charge in [0, 0.05) is 21.4 Å². The van der Waals surface area contributed by atoms with Crippen LogP contribution in [0.2, 0.25) is 0 Å². The second kappa shape index (κ2) is 5.78. The molecule has 2 atom stereocenters. The van der Waals surface area contributed by atoms with Gasteiger partial charge in [-0.2, -0.15) is 0 Å². The van der Waals surface area contributed by atoms with Gasteiger partial charge < -0.3 is 5.32 Å². The molecule has 0 aliphatic heterocycles. The molecular weight excluding hydrogens is 318 g/mol. The van der Waals surface area contributed by atoms with E-state index in [4.69, 9.17) is 0 Å². The molecule has 1 fully saturated rings. The Morgan fingerprint density at radius 2 is 2.11 bits per heavy atom. The Kier molecular flexibility index (Phi) is 4.06. The quantitative estimate of drug-likeness (QED) is 0.780. The van der Waals surface area contributed by atoms with E-state index in [-0.39, 0.29) is 0 Å². The number of thiophene rings is 1. The van der Waals surface area contributed by atoms with Crippen molar-refractivity contribution in [2.24, 2.45) is 5.92 Å². The van der Waals surface area contributed by atoms with Gasteiger partial charge in [0.25, 0.3) is 0 Å². The molecule has 1 N–H and O–H groups in total. The summed E-state index contributed by atoms with van der Waals surface area (Å²) in [7, 11) is 0. The van der Waals surface area contributed by atoms with Gasteiger partial charge in [0.05, 0.1) is 0 Å². The van der Waals surface area contributed by atoms with E-state index < -0.39 is 0 Å². The summed E-state index contributed by atoms with van der Waals surface area (Å²) >= 11 is 5.42. The molecule has 19 heavy (non-hydrogen) atoms. The van der Waals surface area contributed by atoms with E-state index in [1.807, 2.05) is 11.3 Å². The summed E-state index contributed by atoms with van der Waals surface area (Å²) in [5.74, 6) is 0.827. The third-order valence-electron chi connectivity index (χ3n) is 3.72. The Hall–Kier alpha value is -0.640. The highest BCUT2D eigenvalue weighted by Crippen LogP contribution is 2.43. The topological polar surface area (TPSA) is 12.0 Å². The lowest BCUT2D eigenvalue weighted by Crippen LogP contribution is -2.25. The van der Waals surface area contributed by atoms with Gasteiger partial charge in [-0.15, -0.1) is 11.3 Å². The van der Waals surface area contributed by atoms with Crippen LogP contribution in [0.5, 0.6) is 0 Å². The minimum Gasteiger partial charge on any atom is -0.302 e. The highest BCUT2D eigenvalue weighted by atomic mass is 79.9. The van der Waals surface area contributed by atoms with Gasteiger partial charge in [0.2, 0.25) is 0 Å². The normalized spacial score (nSPS) is 18.2. The standard InChI is InChI=1S/C16H18BrNS/c1-11(13-4-2-5-14(17)10-13)18-16(12-7-8-12)15-6-3-9-19-15/h2-6,9-12,16,18H,7-8H2,1H3/t11-,16?/m0/s1. The van der Waals surface area contributed by atoms with Crippen LogP contribution in [-0.2, 0) is 0 Å². The van der Waals surface area contributed by atoms with Crippen molar-refractivity contribution in [2.45, 2.75) is 31.8 Å². The average molecular weight is 336 g/mol. The maximum atomic E-state index is 3.81. The predicted molar refractivity (Wildman–Crippen MR) is 85.5 cm³/mol. The average Bonchev–Trinajstić information content (AvgIpc) is 3.10. The number of hydrogen-bond donors (Lipinski definition) is 1. The van der Waals surface area contributed by atoms with Crippen LogP contribution in [0.15, 0.2) is 46.3 Å². The van der Waals surface area contributed by atoms with E-state index >= 15 is 0 Å². The number of benzene rings is 1. The third kappa shape index (κ3) is 3.28. The molecule has 1 aromatic heterocycles. The van der Waals surface area contributed by atoms with Gasteiger partial charge in [0.1, 0.15) is 0 Å². The summed E-state index contributed by atoms with van der Waals surface area (Å²) in [6.07, 6.45) is 2.72. The van der Waals surface area contributed by atoms with E-state index in [0.29, 0.717) is 12.1 Å². The largest absolute Gasteiger partial charge is 0.302 e. The van der Waals surface area contributed by atoms with Crippen molar-refractivity contribution >= 4 is 27.3 Å². The fourth-order valence-electron chi connectivity index (χ4n) is 2.49. The van der Waals surface area contributed by atoms with Crippen LogP contribution < -0.4 is 5.32 Å². The zero-order chi connectivity index (χ0) is 13.2. The van der Waals surface area contributed by atoms with Crippen molar-refractivity contribution in [3.05, 3.63) is 56.7 Å². The van der Waals surface area contributed by atoms with Crippen molar-refractivity contribution in [1.29, 1.82) is 0 Å². The summed E-state index contributed by atoms with van der Waals surface area (Å²) in [5.41, 5.74) is 1.34. The number of halogens is 1. The first-order valence-electron chi connectivity index (χ1n) is 6.79. The molecule has 1 heterocycles. The Bertz CT molecular complexity index is 533. The Labute approximate surface area is 127 Å². The van der Waals surface area contributed by atoms with Crippen molar-refractivity contribution in [2.75, 3.05) is 0 Å². The van der Waals surface area contributed by atoms with Crippen LogP contribution in [0.4, 0.5) is 0 Å². The van der Waals surface area contributed by atoms with Crippen molar-refractivity contribution in [3.63, 3.8) is 0 Å². The van der Waals surface area contributed by atoms with Gasteiger partial charge in [-0.25, -0.2) is 0 Å². The number of hydrogen-bond acceptors (Lipinski definition) is 2. The molecule has 1 aliphatic rings. The van der Waals surface area contributed by atoms with Crippen LogP contribution in [0.25, 0.3) is 0 Å². The maximum Gasteiger partial charge on any atom is 0.0448 e. The third-order valence-corrected chi connectivity index (χ3v) is 5.17. The highest BCUT2D eigenvalue weighted by Gasteiger charge is 2.33. The Morgan fingerprint density at radius 3 is 2.74 bits per heavy atom. The van der Waals surface area contributed by atoms with Crippen LogP contribution in [0.1, 0.15) is 42.3 Å². The second-order valence-corrected chi connectivity index (χ2v) is 7.17. The van der Waals surface area contributed by atoms with Crippen LogP contribution in [0, 0.1) is 5.92 Å². The first kappa shape index (κ1) is 13.3. The molecule has 3 rings (SSSR count). The molecule has 0 bridgehead atoms. The highest BCUT2D eigenvalue weighted by molar-refractivity contribution is 9.10. The van der Waals surface area contributed by atoms with Crippen LogP contribution in [-0.4, -0.2) is 0 Å². The zero-order valence-electron chi connectivity index (χ0n) is 11.0. The lowest BCUT2D eigenvalue weighted by Gasteiger charge is -2.23. The molecule has 2 aromatic rings. The van der Waals surface area contributed by atoms with Gasteiger partial charge >= 0.3 is 0 Å². The molecule has 1 saturated carbocycles. The molecule has 1 nitrogen and oxygen atoms in total. The molecule has 1 aliphatic carbocycles. The van der Waals surface area contributed by atoms with E-state index in [1.54, 1.807) is 0 Å². The molecule has 3 heteroatoms. The smallest absolute Gasteiger partial charge is 0.0448 e. The number of nitrogens with one attached hydrogen (secondary N) is 1. The van der Waals surface area contributed by atoms with Gasteiger partial charge in [-0.3, -0.25) is 0 Å². The summed E-state index contributed by atoms with van der Waals surface area (Å²) < 4.78 is 1.15. The van der Waals surface area contributed by atoms with Crippen molar-refractivity contribution in [1.82, 2.24) is 5.32 Å². The molecule has 0 radical (unpaired) electrons. The monoisotopic (exact) mass is 335 g/mol. The molecule has 0 saturated heterocycles. The summed E-state index contributed by atoms with van der Waals surface area (Å²) in [5, 5.41) is 5.99. The van der Waals surface area contributed by atoms with Gasteiger partial charge in [-0.05, 0) is 54.8 Å². The summed E-state index contributed by atoms with van der Waals surface area (Å²) in [4.78, 5) is 1.48. The first-order chi connectivity index (χ1) is 9.24. The summed E-state index contributed by atoms with van der Waals surface area (Å²) in [6.45, 7) is 2.25. The summed E-state index contributed by atoms with van der Waals surface area (Å²) in [6, 6.07) is 13.9. The molecule has 1 aromatic carbocycles. The lowest BCUT2D eigenvalue weighted by atomic mass is 10.0. The van der Waals surface area contributed by atoms with E-state index in [2.05, 4.69) is 69.9 Å². The first-order valence-corrected chi connectivity index (χ1v) is 8.46. The van der Waals surface area contributed by atoms with Crippen LogP contribution >= 0.6 is 27.3 Å². The number of rotatable bonds is 5.